The van der Waals surface area contributed by atoms with Gasteiger partial charge in [-0.1, -0.05) is 6.92 Å². The average Bonchev–Trinajstić information content (AvgIpc) is 2.51. The zero-order valence-corrected chi connectivity index (χ0v) is 13.4. The molecule has 2 rings (SSSR count). The Balaban J connectivity index is 2.09. The minimum atomic E-state index is -0.0426. The van der Waals surface area contributed by atoms with E-state index >= 15 is 0 Å². The molecule has 0 aromatic heterocycles. The van der Waals surface area contributed by atoms with Gasteiger partial charge in [0.25, 0.3) is 0 Å². The van der Waals surface area contributed by atoms with Gasteiger partial charge >= 0.3 is 0 Å². The Morgan fingerprint density at radius 1 is 1.11 bits per heavy atom. The van der Waals surface area contributed by atoms with Gasteiger partial charge in [-0.25, -0.2) is 0 Å². The molecule has 1 saturated carbocycles. The smallest absolute Gasteiger partial charge is 0.0789 e. The lowest BCUT2D eigenvalue weighted by molar-refractivity contribution is -0.0851. The summed E-state index contributed by atoms with van der Waals surface area (Å²) in [4.78, 5) is 2.70. The molecule has 0 aromatic rings. The third kappa shape index (κ3) is 3.32. The lowest BCUT2D eigenvalue weighted by atomic mass is 9.86. The van der Waals surface area contributed by atoms with Gasteiger partial charge in [0.2, 0.25) is 0 Å². The third-order valence-electron chi connectivity index (χ3n) is 5.00. The van der Waals surface area contributed by atoms with Crippen LogP contribution in [0.25, 0.3) is 0 Å². The molecule has 2 fully saturated rings. The molecule has 19 heavy (non-hydrogen) atoms. The highest BCUT2D eigenvalue weighted by molar-refractivity contribution is 5.01. The van der Waals surface area contributed by atoms with Crippen molar-refractivity contribution in [3.63, 3.8) is 0 Å². The van der Waals surface area contributed by atoms with Gasteiger partial charge in [0, 0.05) is 18.1 Å². The second kappa shape index (κ2) is 5.34. The molecule has 1 heterocycles. The second-order valence-electron chi connectivity index (χ2n) is 7.58. The van der Waals surface area contributed by atoms with E-state index < -0.39 is 0 Å². The predicted molar refractivity (Wildman–Crippen MR) is 80.3 cm³/mol. The van der Waals surface area contributed by atoms with Gasteiger partial charge in [-0.3, -0.25) is 4.90 Å². The SMILES string of the molecule is CCN(C1CCC(N)CC1)C1CC(C)(C)OC1(C)C. The maximum atomic E-state index is 6.28. The molecule has 3 nitrogen and oxygen atoms in total. The molecular weight excluding hydrogens is 236 g/mol. The van der Waals surface area contributed by atoms with Crippen LogP contribution in [-0.4, -0.2) is 40.8 Å². The van der Waals surface area contributed by atoms with Crippen molar-refractivity contribution in [3.8, 4) is 0 Å². The van der Waals surface area contributed by atoms with E-state index in [4.69, 9.17) is 10.5 Å². The number of hydrogen-bond donors (Lipinski definition) is 1. The summed E-state index contributed by atoms with van der Waals surface area (Å²) in [6.07, 6.45) is 6.00. The quantitative estimate of drug-likeness (QED) is 0.855. The Morgan fingerprint density at radius 3 is 2.11 bits per heavy atom. The molecule has 0 bridgehead atoms. The highest BCUT2D eigenvalue weighted by Crippen LogP contribution is 2.42. The third-order valence-corrected chi connectivity index (χ3v) is 5.00. The van der Waals surface area contributed by atoms with E-state index in [0.717, 1.165) is 13.0 Å². The fourth-order valence-corrected chi connectivity index (χ4v) is 4.22. The van der Waals surface area contributed by atoms with Crippen molar-refractivity contribution in [1.82, 2.24) is 4.90 Å². The fourth-order valence-electron chi connectivity index (χ4n) is 4.22. The van der Waals surface area contributed by atoms with Gasteiger partial charge in [-0.15, -0.1) is 0 Å². The molecule has 112 valence electrons. The Hall–Kier alpha value is -0.120. The maximum Gasteiger partial charge on any atom is 0.0789 e. The minimum Gasteiger partial charge on any atom is -0.368 e. The Bertz CT molecular complexity index is 306. The molecule has 1 saturated heterocycles. The topological polar surface area (TPSA) is 38.5 Å². The molecule has 0 radical (unpaired) electrons. The standard InChI is InChI=1S/C16H32N2O/c1-6-18(13-9-7-12(17)8-10-13)14-11-15(2,3)19-16(14,4)5/h12-14H,6-11,17H2,1-5H3. The Kier molecular flexibility index (Phi) is 4.29. The number of ether oxygens (including phenoxy) is 1. The molecular formula is C16H32N2O. The van der Waals surface area contributed by atoms with Gasteiger partial charge in [0.1, 0.15) is 0 Å². The lowest BCUT2D eigenvalue weighted by Gasteiger charge is -2.43. The van der Waals surface area contributed by atoms with Gasteiger partial charge < -0.3 is 10.5 Å². The number of hydrogen-bond acceptors (Lipinski definition) is 3. The second-order valence-corrected chi connectivity index (χ2v) is 7.58. The molecule has 2 N–H and O–H groups in total. The minimum absolute atomic E-state index is 0.00660. The van der Waals surface area contributed by atoms with E-state index in [2.05, 4.69) is 39.5 Å². The Morgan fingerprint density at radius 2 is 1.68 bits per heavy atom. The zero-order valence-electron chi connectivity index (χ0n) is 13.4. The molecule has 1 aliphatic heterocycles. The summed E-state index contributed by atoms with van der Waals surface area (Å²) in [6, 6.07) is 1.66. The first kappa shape index (κ1) is 15.3. The van der Waals surface area contributed by atoms with Crippen molar-refractivity contribution in [2.24, 2.45) is 5.73 Å². The van der Waals surface area contributed by atoms with Gasteiger partial charge in [-0.05, 0) is 66.3 Å². The molecule has 1 atom stereocenters. The van der Waals surface area contributed by atoms with Crippen LogP contribution in [0.2, 0.25) is 0 Å². The van der Waals surface area contributed by atoms with Crippen LogP contribution >= 0.6 is 0 Å². The number of nitrogens with two attached hydrogens (primary N) is 1. The van der Waals surface area contributed by atoms with Crippen LogP contribution in [0.5, 0.6) is 0 Å². The van der Waals surface area contributed by atoms with Gasteiger partial charge in [-0.2, -0.15) is 0 Å². The van der Waals surface area contributed by atoms with Crippen LogP contribution in [0.4, 0.5) is 0 Å². The van der Waals surface area contributed by atoms with E-state index in [1.165, 1.54) is 25.7 Å². The largest absolute Gasteiger partial charge is 0.368 e. The van der Waals surface area contributed by atoms with Crippen molar-refractivity contribution < 1.29 is 4.74 Å². The molecule has 0 aromatic carbocycles. The van der Waals surface area contributed by atoms with Crippen LogP contribution in [0.3, 0.4) is 0 Å². The molecule has 3 heteroatoms. The summed E-state index contributed by atoms with van der Waals surface area (Å²) in [7, 11) is 0. The summed E-state index contributed by atoms with van der Waals surface area (Å²) in [6.45, 7) is 12.4. The summed E-state index contributed by atoms with van der Waals surface area (Å²) >= 11 is 0. The number of nitrogens with zero attached hydrogens (tertiary/aromatic N) is 1. The van der Waals surface area contributed by atoms with Crippen molar-refractivity contribution in [3.05, 3.63) is 0 Å². The first-order chi connectivity index (χ1) is 8.75. The molecule has 1 aliphatic carbocycles. The fraction of sp³-hybridized carbons (Fsp3) is 1.00. The highest BCUT2D eigenvalue weighted by Gasteiger charge is 2.49. The zero-order chi connectivity index (χ0) is 14.3. The number of likely N-dealkylation sites (N-methyl/N-ethyl adjacent to an activating group) is 1. The highest BCUT2D eigenvalue weighted by atomic mass is 16.5. The molecule has 0 amide bonds. The summed E-state index contributed by atoms with van der Waals surface area (Å²) in [5.74, 6) is 0. The first-order valence-electron chi connectivity index (χ1n) is 7.96. The van der Waals surface area contributed by atoms with Crippen molar-refractivity contribution in [2.45, 2.75) is 96.1 Å². The summed E-state index contributed by atoms with van der Waals surface area (Å²) in [5, 5.41) is 0. The van der Waals surface area contributed by atoms with Crippen molar-refractivity contribution >= 4 is 0 Å². The van der Waals surface area contributed by atoms with Crippen LogP contribution in [0.15, 0.2) is 0 Å². The van der Waals surface area contributed by atoms with Crippen molar-refractivity contribution in [1.29, 1.82) is 0 Å². The molecule has 1 unspecified atom stereocenters. The summed E-state index contributed by atoms with van der Waals surface area (Å²) < 4.78 is 6.28. The predicted octanol–water partition coefficient (Wildman–Crippen LogP) is 2.92. The van der Waals surface area contributed by atoms with Crippen LogP contribution in [0, 0.1) is 0 Å². The van der Waals surface area contributed by atoms with Gasteiger partial charge in [0.15, 0.2) is 0 Å². The van der Waals surface area contributed by atoms with E-state index in [9.17, 15) is 0 Å². The van der Waals surface area contributed by atoms with Crippen LogP contribution < -0.4 is 5.73 Å². The van der Waals surface area contributed by atoms with Gasteiger partial charge in [0.05, 0.1) is 11.2 Å². The van der Waals surface area contributed by atoms with E-state index in [1.54, 1.807) is 0 Å². The number of rotatable bonds is 3. The average molecular weight is 268 g/mol. The van der Waals surface area contributed by atoms with E-state index in [0.29, 0.717) is 18.1 Å². The van der Waals surface area contributed by atoms with Crippen molar-refractivity contribution in [2.75, 3.05) is 6.54 Å². The molecule has 0 spiro atoms. The maximum absolute atomic E-state index is 6.28. The monoisotopic (exact) mass is 268 g/mol. The van der Waals surface area contributed by atoms with E-state index in [1.807, 2.05) is 0 Å². The first-order valence-corrected chi connectivity index (χ1v) is 7.96. The van der Waals surface area contributed by atoms with E-state index in [-0.39, 0.29) is 11.2 Å². The normalized spacial score (nSPS) is 37.7. The van der Waals surface area contributed by atoms with Crippen LogP contribution in [0.1, 0.15) is 66.7 Å². The molecule has 2 aliphatic rings. The van der Waals surface area contributed by atoms with Crippen LogP contribution in [-0.2, 0) is 4.74 Å². The summed E-state index contributed by atoms with van der Waals surface area (Å²) in [5.41, 5.74) is 6.01. The Labute approximate surface area is 118 Å². The lowest BCUT2D eigenvalue weighted by Crippen LogP contribution is -2.52.